The van der Waals surface area contributed by atoms with Crippen LogP contribution in [0.2, 0.25) is 0 Å². The summed E-state index contributed by atoms with van der Waals surface area (Å²) in [6, 6.07) is -0.261. The molecule has 0 saturated heterocycles. The summed E-state index contributed by atoms with van der Waals surface area (Å²) in [6.07, 6.45) is 7.26. The molecule has 6 nitrogen and oxygen atoms in total. The van der Waals surface area contributed by atoms with Gasteiger partial charge in [0, 0.05) is 19.5 Å². The smallest absolute Gasteiger partial charge is 0.238 e. The van der Waals surface area contributed by atoms with Crippen molar-refractivity contribution in [2.45, 2.75) is 57.7 Å². The molecular weight excluding hydrogens is 314 g/mol. The lowest BCUT2D eigenvalue weighted by atomic mass is 9.78. The Balaban J connectivity index is 2.35. The summed E-state index contributed by atoms with van der Waals surface area (Å²) in [5.41, 5.74) is 1.76. The fourth-order valence-electron chi connectivity index (χ4n) is 3.41. The largest absolute Gasteiger partial charge is 0.346 e. The molecule has 130 valence electrons. The van der Waals surface area contributed by atoms with Crippen LogP contribution in [0.4, 0.5) is 0 Å². The zero-order chi connectivity index (χ0) is 17.4. The number of nitrogens with one attached hydrogen (secondary N) is 1. The molecule has 1 aromatic rings. The number of sulfone groups is 1. The Kier molecular flexibility index (Phi) is 4.89. The third kappa shape index (κ3) is 3.76. The standard InChI is InChI=1S/C16H27N3O3S/c1-11-10-19(4)18-13(11)14(16(3)8-6-7-9-16)17-15(20)12(2)23(5,21)22/h10,12,14H,6-9H2,1-5H3,(H,17,20)/t12?,14-/m0/s1. The number of carbonyl (C=O) groups is 1. The fourth-order valence-corrected chi connectivity index (χ4v) is 3.86. The van der Waals surface area contributed by atoms with Crippen molar-refractivity contribution in [1.82, 2.24) is 15.1 Å². The number of rotatable bonds is 5. The number of hydrogen-bond donors (Lipinski definition) is 1. The third-order valence-electron chi connectivity index (χ3n) is 5.06. The van der Waals surface area contributed by atoms with Crippen molar-refractivity contribution in [2.75, 3.05) is 6.26 Å². The molecular formula is C16H27N3O3S. The first kappa shape index (κ1) is 18.0. The van der Waals surface area contributed by atoms with Crippen molar-refractivity contribution in [1.29, 1.82) is 0 Å². The van der Waals surface area contributed by atoms with E-state index in [0.717, 1.165) is 43.2 Å². The van der Waals surface area contributed by atoms with Gasteiger partial charge in [0.1, 0.15) is 5.25 Å². The van der Waals surface area contributed by atoms with Crippen LogP contribution in [0.1, 0.15) is 56.8 Å². The van der Waals surface area contributed by atoms with Gasteiger partial charge in [-0.25, -0.2) is 8.42 Å². The van der Waals surface area contributed by atoms with E-state index in [9.17, 15) is 13.2 Å². The second-order valence-electron chi connectivity index (χ2n) is 7.15. The predicted molar refractivity (Wildman–Crippen MR) is 89.7 cm³/mol. The summed E-state index contributed by atoms with van der Waals surface area (Å²) in [5, 5.41) is 6.45. The molecule has 0 radical (unpaired) electrons. The van der Waals surface area contributed by atoms with E-state index in [1.807, 2.05) is 20.2 Å². The van der Waals surface area contributed by atoms with Crippen molar-refractivity contribution in [3.05, 3.63) is 17.5 Å². The molecule has 1 saturated carbocycles. The second kappa shape index (κ2) is 6.26. The van der Waals surface area contributed by atoms with Crippen molar-refractivity contribution < 1.29 is 13.2 Å². The minimum absolute atomic E-state index is 0.0913. The number of hydrogen-bond acceptors (Lipinski definition) is 4. The molecule has 7 heteroatoms. The lowest BCUT2D eigenvalue weighted by Gasteiger charge is -2.34. The Labute approximate surface area is 138 Å². The summed E-state index contributed by atoms with van der Waals surface area (Å²) in [4.78, 5) is 12.5. The zero-order valence-electron chi connectivity index (χ0n) is 14.6. The highest BCUT2D eigenvalue weighted by atomic mass is 32.2. The summed E-state index contributed by atoms with van der Waals surface area (Å²) < 4.78 is 25.1. The predicted octanol–water partition coefficient (Wildman–Crippen LogP) is 1.90. The van der Waals surface area contributed by atoms with E-state index in [2.05, 4.69) is 17.3 Å². The Bertz CT molecular complexity index is 687. The molecule has 1 aliphatic carbocycles. The maximum Gasteiger partial charge on any atom is 0.238 e. The van der Waals surface area contributed by atoms with Crippen molar-refractivity contribution in [3.8, 4) is 0 Å². The first-order chi connectivity index (χ1) is 10.5. The van der Waals surface area contributed by atoms with Crippen molar-refractivity contribution in [2.24, 2.45) is 12.5 Å². The molecule has 1 aromatic heterocycles. The Morgan fingerprint density at radius 2 is 1.96 bits per heavy atom. The molecule has 1 N–H and O–H groups in total. The van der Waals surface area contributed by atoms with Crippen LogP contribution < -0.4 is 5.32 Å². The van der Waals surface area contributed by atoms with E-state index in [1.54, 1.807) is 4.68 Å². The van der Waals surface area contributed by atoms with E-state index in [0.29, 0.717) is 0 Å². The highest BCUT2D eigenvalue weighted by Gasteiger charge is 2.41. The minimum atomic E-state index is -3.42. The minimum Gasteiger partial charge on any atom is -0.346 e. The number of aryl methyl sites for hydroxylation is 2. The van der Waals surface area contributed by atoms with Crippen LogP contribution in [-0.4, -0.2) is 35.6 Å². The highest BCUT2D eigenvalue weighted by molar-refractivity contribution is 7.92. The van der Waals surface area contributed by atoms with Crippen LogP contribution >= 0.6 is 0 Å². The van der Waals surface area contributed by atoms with Gasteiger partial charge in [0.15, 0.2) is 9.84 Å². The highest BCUT2D eigenvalue weighted by Crippen LogP contribution is 2.47. The Hall–Kier alpha value is -1.37. The lowest BCUT2D eigenvalue weighted by Crippen LogP contribution is -2.44. The van der Waals surface area contributed by atoms with Gasteiger partial charge in [0.25, 0.3) is 0 Å². The third-order valence-corrected chi connectivity index (χ3v) is 6.56. The topological polar surface area (TPSA) is 81.1 Å². The quantitative estimate of drug-likeness (QED) is 0.887. The van der Waals surface area contributed by atoms with Gasteiger partial charge < -0.3 is 5.32 Å². The van der Waals surface area contributed by atoms with Crippen molar-refractivity contribution in [3.63, 3.8) is 0 Å². The van der Waals surface area contributed by atoms with Gasteiger partial charge in [-0.2, -0.15) is 5.10 Å². The zero-order valence-corrected chi connectivity index (χ0v) is 15.4. The summed E-state index contributed by atoms with van der Waals surface area (Å²) in [6.45, 7) is 5.56. The molecule has 1 aliphatic rings. The van der Waals surface area contributed by atoms with Crippen LogP contribution in [-0.2, 0) is 21.7 Å². The van der Waals surface area contributed by atoms with E-state index >= 15 is 0 Å². The van der Waals surface area contributed by atoms with Crippen LogP contribution in [0.25, 0.3) is 0 Å². The molecule has 1 heterocycles. The SMILES string of the molecule is Cc1cn(C)nc1[C@H](NC(=O)C(C)S(C)(=O)=O)C1(C)CCCC1. The van der Waals surface area contributed by atoms with Crippen LogP contribution in [0, 0.1) is 12.3 Å². The molecule has 1 fully saturated rings. The molecule has 0 spiro atoms. The lowest BCUT2D eigenvalue weighted by molar-refractivity contribution is -0.122. The number of carbonyl (C=O) groups excluding carboxylic acids is 1. The van der Waals surface area contributed by atoms with Gasteiger partial charge in [-0.05, 0) is 37.7 Å². The van der Waals surface area contributed by atoms with Gasteiger partial charge in [0.2, 0.25) is 5.91 Å². The first-order valence-corrected chi connectivity index (χ1v) is 9.99. The van der Waals surface area contributed by atoms with Crippen LogP contribution in [0.5, 0.6) is 0 Å². The van der Waals surface area contributed by atoms with E-state index in [1.165, 1.54) is 6.92 Å². The molecule has 0 bridgehead atoms. The average Bonchev–Trinajstić information content (AvgIpc) is 3.00. The molecule has 1 amide bonds. The summed E-state index contributed by atoms with van der Waals surface area (Å²) in [5.74, 6) is -0.448. The van der Waals surface area contributed by atoms with Crippen LogP contribution in [0.3, 0.4) is 0 Å². The second-order valence-corrected chi connectivity index (χ2v) is 9.51. The molecule has 2 rings (SSSR count). The van der Waals surface area contributed by atoms with E-state index in [4.69, 9.17) is 0 Å². The van der Waals surface area contributed by atoms with E-state index < -0.39 is 21.0 Å². The van der Waals surface area contributed by atoms with Gasteiger partial charge in [-0.15, -0.1) is 0 Å². The molecule has 0 aromatic carbocycles. The van der Waals surface area contributed by atoms with E-state index in [-0.39, 0.29) is 11.5 Å². The number of nitrogens with zero attached hydrogens (tertiary/aromatic N) is 2. The maximum atomic E-state index is 12.5. The maximum absolute atomic E-state index is 12.5. The molecule has 2 atom stereocenters. The number of aromatic nitrogens is 2. The monoisotopic (exact) mass is 341 g/mol. The average molecular weight is 341 g/mol. The molecule has 1 unspecified atom stereocenters. The van der Waals surface area contributed by atoms with Crippen molar-refractivity contribution >= 4 is 15.7 Å². The van der Waals surface area contributed by atoms with Gasteiger partial charge >= 0.3 is 0 Å². The number of amides is 1. The Morgan fingerprint density at radius 3 is 2.39 bits per heavy atom. The summed E-state index contributed by atoms with van der Waals surface area (Å²) in [7, 11) is -1.56. The molecule has 23 heavy (non-hydrogen) atoms. The molecule has 0 aliphatic heterocycles. The van der Waals surface area contributed by atoms with Crippen LogP contribution in [0.15, 0.2) is 6.20 Å². The summed E-state index contributed by atoms with van der Waals surface area (Å²) >= 11 is 0. The normalized spacial score (nSPS) is 20.2. The fraction of sp³-hybridized carbons (Fsp3) is 0.750. The first-order valence-electron chi connectivity index (χ1n) is 8.04. The Morgan fingerprint density at radius 1 is 1.39 bits per heavy atom. The van der Waals surface area contributed by atoms with Gasteiger partial charge in [-0.3, -0.25) is 9.48 Å². The van der Waals surface area contributed by atoms with Gasteiger partial charge in [0.05, 0.1) is 11.7 Å². The van der Waals surface area contributed by atoms with Gasteiger partial charge in [-0.1, -0.05) is 19.8 Å².